The van der Waals surface area contributed by atoms with E-state index in [0.29, 0.717) is 6.04 Å². The number of nitro groups is 1. The second-order valence-corrected chi connectivity index (χ2v) is 5.13. The summed E-state index contributed by atoms with van der Waals surface area (Å²) in [7, 11) is 0. The average molecular weight is 264 g/mol. The summed E-state index contributed by atoms with van der Waals surface area (Å²) in [5, 5.41) is 23.4. The van der Waals surface area contributed by atoms with Crippen LogP contribution in [0, 0.1) is 10.1 Å². The number of non-ortho nitro benzene ring substituents is 1. The molecule has 0 aliphatic heterocycles. The molecule has 5 nitrogen and oxygen atoms in total. The fraction of sp³-hybridized carbons (Fsp3) is 0.571. The third kappa shape index (κ3) is 4.29. The first-order valence-electron chi connectivity index (χ1n) is 6.80. The molecule has 0 amide bonds. The summed E-state index contributed by atoms with van der Waals surface area (Å²) in [6.45, 7) is 0.874. The first-order valence-corrected chi connectivity index (χ1v) is 6.80. The summed E-state index contributed by atoms with van der Waals surface area (Å²) in [6.07, 6.45) is 4.58. The van der Waals surface area contributed by atoms with Crippen molar-refractivity contribution < 1.29 is 10.0 Å². The second-order valence-electron chi connectivity index (χ2n) is 5.13. The smallest absolute Gasteiger partial charge is 0.269 e. The molecule has 1 aromatic rings. The number of hydrogen-bond acceptors (Lipinski definition) is 4. The molecular formula is C14H20N2O3. The highest BCUT2D eigenvalue weighted by molar-refractivity contribution is 5.32. The lowest BCUT2D eigenvalue weighted by Gasteiger charge is -2.26. The number of rotatable bonds is 5. The van der Waals surface area contributed by atoms with Crippen molar-refractivity contribution in [3.63, 3.8) is 0 Å². The molecule has 1 aliphatic carbocycles. The Hall–Kier alpha value is -1.46. The maximum atomic E-state index is 10.5. The Morgan fingerprint density at radius 2 is 1.84 bits per heavy atom. The van der Waals surface area contributed by atoms with E-state index >= 15 is 0 Å². The van der Waals surface area contributed by atoms with Crippen LogP contribution in [0.3, 0.4) is 0 Å². The summed E-state index contributed by atoms with van der Waals surface area (Å²) in [5.74, 6) is 0. The molecular weight excluding hydrogens is 244 g/mol. The molecule has 2 rings (SSSR count). The van der Waals surface area contributed by atoms with E-state index in [4.69, 9.17) is 0 Å². The molecule has 104 valence electrons. The summed E-state index contributed by atoms with van der Waals surface area (Å²) in [5.41, 5.74) is 1.24. The molecule has 0 saturated heterocycles. The maximum Gasteiger partial charge on any atom is 0.269 e. The van der Waals surface area contributed by atoms with E-state index < -0.39 is 0 Å². The Morgan fingerprint density at radius 1 is 1.21 bits per heavy atom. The Kier molecular flexibility index (Phi) is 4.87. The minimum absolute atomic E-state index is 0.118. The quantitative estimate of drug-likeness (QED) is 0.630. The van der Waals surface area contributed by atoms with Gasteiger partial charge in [0, 0.05) is 18.2 Å². The zero-order valence-corrected chi connectivity index (χ0v) is 10.9. The predicted molar refractivity (Wildman–Crippen MR) is 73.1 cm³/mol. The van der Waals surface area contributed by atoms with Crippen LogP contribution >= 0.6 is 0 Å². The van der Waals surface area contributed by atoms with Crippen LogP contribution in [0.4, 0.5) is 5.69 Å². The predicted octanol–water partition coefficient (Wildman–Crippen LogP) is 2.03. The molecule has 0 atom stereocenters. The van der Waals surface area contributed by atoms with Crippen molar-refractivity contribution in [3.05, 3.63) is 39.9 Å². The Bertz CT molecular complexity index is 411. The van der Waals surface area contributed by atoms with Gasteiger partial charge in [-0.15, -0.1) is 0 Å². The topological polar surface area (TPSA) is 75.4 Å². The molecule has 0 heterocycles. The van der Waals surface area contributed by atoms with Gasteiger partial charge in [-0.3, -0.25) is 10.1 Å². The Labute approximate surface area is 112 Å². The van der Waals surface area contributed by atoms with Gasteiger partial charge in [0.1, 0.15) is 0 Å². The summed E-state index contributed by atoms with van der Waals surface area (Å²) >= 11 is 0. The third-order valence-electron chi connectivity index (χ3n) is 3.69. The number of aliphatic hydroxyl groups is 1. The van der Waals surface area contributed by atoms with E-state index in [1.807, 2.05) is 12.1 Å². The molecule has 1 aromatic carbocycles. The minimum Gasteiger partial charge on any atom is -0.393 e. The van der Waals surface area contributed by atoms with Crippen molar-refractivity contribution in [1.82, 2.24) is 5.32 Å². The largest absolute Gasteiger partial charge is 0.393 e. The van der Waals surface area contributed by atoms with Gasteiger partial charge >= 0.3 is 0 Å². The monoisotopic (exact) mass is 264 g/mol. The van der Waals surface area contributed by atoms with E-state index in [0.717, 1.165) is 44.2 Å². The van der Waals surface area contributed by atoms with Crippen LogP contribution in [0.25, 0.3) is 0 Å². The lowest BCUT2D eigenvalue weighted by atomic mass is 9.93. The number of hydrogen-bond donors (Lipinski definition) is 2. The highest BCUT2D eigenvalue weighted by Gasteiger charge is 2.18. The van der Waals surface area contributed by atoms with Crippen LogP contribution in [-0.4, -0.2) is 28.7 Å². The van der Waals surface area contributed by atoms with Gasteiger partial charge in [0.15, 0.2) is 0 Å². The zero-order chi connectivity index (χ0) is 13.7. The molecule has 1 aliphatic rings. The molecule has 0 spiro atoms. The summed E-state index contributed by atoms with van der Waals surface area (Å²) in [4.78, 5) is 10.2. The zero-order valence-electron chi connectivity index (χ0n) is 10.9. The first-order chi connectivity index (χ1) is 9.15. The van der Waals surface area contributed by atoms with Gasteiger partial charge in [-0.05, 0) is 44.2 Å². The van der Waals surface area contributed by atoms with Gasteiger partial charge in [0.2, 0.25) is 0 Å². The standard InChI is InChI=1S/C14H20N2O3/c17-14-7-3-12(4-8-14)15-10-9-11-1-5-13(6-2-11)16(18)19/h1-2,5-6,12,14-15,17H,3-4,7-10H2. The van der Waals surface area contributed by atoms with Crippen molar-refractivity contribution in [1.29, 1.82) is 0 Å². The second kappa shape index (κ2) is 6.63. The Balaban J connectivity index is 1.72. The number of aliphatic hydroxyl groups excluding tert-OH is 1. The lowest BCUT2D eigenvalue weighted by molar-refractivity contribution is -0.384. The molecule has 5 heteroatoms. The van der Waals surface area contributed by atoms with Gasteiger partial charge < -0.3 is 10.4 Å². The molecule has 1 fully saturated rings. The molecule has 2 N–H and O–H groups in total. The molecule has 0 unspecified atom stereocenters. The van der Waals surface area contributed by atoms with Crippen LogP contribution in [0.5, 0.6) is 0 Å². The Morgan fingerprint density at radius 3 is 2.42 bits per heavy atom. The molecule has 0 aromatic heterocycles. The maximum absolute atomic E-state index is 10.5. The van der Waals surface area contributed by atoms with Crippen LogP contribution in [-0.2, 0) is 6.42 Å². The van der Waals surface area contributed by atoms with Gasteiger partial charge in [-0.25, -0.2) is 0 Å². The fourth-order valence-corrected chi connectivity index (χ4v) is 2.48. The summed E-state index contributed by atoms with van der Waals surface area (Å²) in [6, 6.07) is 7.22. The fourth-order valence-electron chi connectivity index (χ4n) is 2.48. The highest BCUT2D eigenvalue weighted by atomic mass is 16.6. The van der Waals surface area contributed by atoms with Crippen LogP contribution in [0.1, 0.15) is 31.2 Å². The normalized spacial score (nSPS) is 23.2. The summed E-state index contributed by atoms with van der Waals surface area (Å²) < 4.78 is 0. The SMILES string of the molecule is O=[N+]([O-])c1ccc(CCNC2CCC(O)CC2)cc1. The van der Waals surface area contributed by atoms with Gasteiger partial charge in [-0.1, -0.05) is 12.1 Å². The van der Waals surface area contributed by atoms with E-state index in [-0.39, 0.29) is 16.7 Å². The van der Waals surface area contributed by atoms with Crippen molar-refractivity contribution in [2.45, 2.75) is 44.2 Å². The minimum atomic E-state index is -0.380. The van der Waals surface area contributed by atoms with Crippen LogP contribution < -0.4 is 5.32 Å². The van der Waals surface area contributed by atoms with Crippen molar-refractivity contribution >= 4 is 5.69 Å². The van der Waals surface area contributed by atoms with E-state index in [2.05, 4.69) is 5.32 Å². The number of benzene rings is 1. The van der Waals surface area contributed by atoms with E-state index in [1.165, 1.54) is 0 Å². The number of nitro benzene ring substituents is 1. The van der Waals surface area contributed by atoms with E-state index in [1.54, 1.807) is 12.1 Å². The van der Waals surface area contributed by atoms with Gasteiger partial charge in [0.25, 0.3) is 5.69 Å². The van der Waals surface area contributed by atoms with E-state index in [9.17, 15) is 15.2 Å². The van der Waals surface area contributed by atoms with Crippen LogP contribution in [0.2, 0.25) is 0 Å². The van der Waals surface area contributed by atoms with Crippen molar-refractivity contribution in [3.8, 4) is 0 Å². The van der Waals surface area contributed by atoms with Crippen molar-refractivity contribution in [2.75, 3.05) is 6.54 Å². The first kappa shape index (κ1) is 14.0. The number of nitrogens with one attached hydrogen (secondary N) is 1. The molecule has 0 bridgehead atoms. The average Bonchev–Trinajstić information content (AvgIpc) is 2.41. The molecule has 1 saturated carbocycles. The lowest BCUT2D eigenvalue weighted by Crippen LogP contribution is -2.35. The molecule has 0 radical (unpaired) electrons. The van der Waals surface area contributed by atoms with Gasteiger partial charge in [-0.2, -0.15) is 0 Å². The van der Waals surface area contributed by atoms with Crippen LogP contribution in [0.15, 0.2) is 24.3 Å². The van der Waals surface area contributed by atoms with Gasteiger partial charge in [0.05, 0.1) is 11.0 Å². The molecule has 19 heavy (non-hydrogen) atoms. The highest BCUT2D eigenvalue weighted by Crippen LogP contribution is 2.18. The third-order valence-corrected chi connectivity index (χ3v) is 3.69. The van der Waals surface area contributed by atoms with Crippen molar-refractivity contribution in [2.24, 2.45) is 0 Å². The number of nitrogens with zero attached hydrogens (tertiary/aromatic N) is 1.